The van der Waals surface area contributed by atoms with Gasteiger partial charge in [-0.25, -0.2) is 0 Å². The van der Waals surface area contributed by atoms with Crippen molar-refractivity contribution < 1.29 is 9.00 Å². The molecule has 0 saturated carbocycles. The van der Waals surface area contributed by atoms with E-state index < -0.39 is 10.8 Å². The summed E-state index contributed by atoms with van der Waals surface area (Å²) in [6.07, 6.45) is 2.20. The second-order valence-corrected chi connectivity index (χ2v) is 7.10. The predicted octanol–water partition coefficient (Wildman–Crippen LogP) is 2.32. The molecule has 23 heavy (non-hydrogen) atoms. The molecule has 0 spiro atoms. The van der Waals surface area contributed by atoms with Gasteiger partial charge in [-0.15, -0.1) is 0 Å². The summed E-state index contributed by atoms with van der Waals surface area (Å²) in [5.74, 6) is 0.158. The van der Waals surface area contributed by atoms with Gasteiger partial charge < -0.3 is 10.2 Å². The number of carbonyl (C=O) groups is 1. The monoisotopic (exact) mass is 328 g/mol. The molecule has 4 nitrogen and oxygen atoms in total. The molecule has 2 aromatic carbocycles. The number of carbonyl (C=O) groups excluding carboxylic acids is 1. The Labute approximate surface area is 139 Å². The largest absolute Gasteiger partial charge is 0.311 e. The van der Waals surface area contributed by atoms with E-state index in [1.165, 1.54) is 0 Å². The van der Waals surface area contributed by atoms with Crippen LogP contribution in [0.25, 0.3) is 0 Å². The minimum atomic E-state index is -0.946. The lowest BCUT2D eigenvalue weighted by Crippen LogP contribution is -2.32. The average molecular weight is 328 g/mol. The molecule has 0 aromatic heterocycles. The van der Waals surface area contributed by atoms with Crippen molar-refractivity contribution in [2.45, 2.75) is 23.9 Å². The van der Waals surface area contributed by atoms with E-state index in [1.807, 2.05) is 59.5 Å². The Morgan fingerprint density at radius 2 is 1.83 bits per heavy atom. The second-order valence-electron chi connectivity index (χ2n) is 5.72. The topological polar surface area (TPSA) is 49.4 Å². The molecule has 1 aliphatic rings. The van der Waals surface area contributed by atoms with Crippen molar-refractivity contribution >= 4 is 22.4 Å². The van der Waals surface area contributed by atoms with Gasteiger partial charge in [0.2, 0.25) is 5.91 Å². The summed E-state index contributed by atoms with van der Waals surface area (Å²) in [6, 6.07) is 17.7. The summed E-state index contributed by atoms with van der Waals surface area (Å²) in [6.45, 7) is 1.40. The van der Waals surface area contributed by atoms with Gasteiger partial charge in [-0.2, -0.15) is 0 Å². The number of nitrogens with zero attached hydrogens (tertiary/aromatic N) is 1. The van der Waals surface area contributed by atoms with Crippen LogP contribution in [-0.2, 0) is 22.1 Å². The number of benzene rings is 2. The first-order valence-electron chi connectivity index (χ1n) is 7.64. The highest BCUT2D eigenvalue weighted by Crippen LogP contribution is 2.21. The molecular weight excluding hydrogens is 308 g/mol. The van der Waals surface area contributed by atoms with Crippen LogP contribution in [0.1, 0.15) is 12.0 Å². The van der Waals surface area contributed by atoms with Gasteiger partial charge in [0.05, 0.1) is 0 Å². The van der Waals surface area contributed by atoms with Crippen LogP contribution in [0, 0.1) is 0 Å². The highest BCUT2D eigenvalue weighted by molar-refractivity contribution is 7.84. The lowest BCUT2D eigenvalue weighted by molar-refractivity contribution is -0.117. The smallest absolute Gasteiger partial charge is 0.228 e. The second kappa shape index (κ2) is 7.06. The summed E-state index contributed by atoms with van der Waals surface area (Å²) < 4.78 is 11.4. The van der Waals surface area contributed by atoms with E-state index in [-0.39, 0.29) is 11.9 Å². The van der Waals surface area contributed by atoms with Crippen LogP contribution in [0.15, 0.2) is 59.5 Å². The molecule has 0 unspecified atom stereocenters. The molecular formula is C18H20N2O2S. The number of hydrogen-bond donors (Lipinski definition) is 1. The molecule has 1 aliphatic heterocycles. The third-order valence-corrected chi connectivity index (χ3v) is 4.98. The zero-order chi connectivity index (χ0) is 16.2. The summed E-state index contributed by atoms with van der Waals surface area (Å²) in [5.41, 5.74) is 2.08. The summed E-state index contributed by atoms with van der Waals surface area (Å²) in [7, 11) is -0.946. The molecule has 1 heterocycles. The third-order valence-electron chi connectivity index (χ3n) is 4.04. The van der Waals surface area contributed by atoms with Gasteiger partial charge in [0, 0.05) is 53.2 Å². The van der Waals surface area contributed by atoms with Crippen molar-refractivity contribution in [1.82, 2.24) is 5.32 Å². The van der Waals surface area contributed by atoms with Crippen molar-refractivity contribution in [3.63, 3.8) is 0 Å². The molecule has 1 saturated heterocycles. The molecule has 0 bridgehead atoms. The molecule has 1 fully saturated rings. The zero-order valence-electron chi connectivity index (χ0n) is 13.1. The van der Waals surface area contributed by atoms with E-state index in [9.17, 15) is 9.00 Å². The van der Waals surface area contributed by atoms with E-state index in [0.717, 1.165) is 16.1 Å². The van der Waals surface area contributed by atoms with Gasteiger partial charge >= 0.3 is 0 Å². The van der Waals surface area contributed by atoms with Gasteiger partial charge in [0.25, 0.3) is 0 Å². The molecule has 2 atom stereocenters. The molecule has 3 rings (SSSR count). The molecule has 1 N–H and O–H groups in total. The first-order chi connectivity index (χ1) is 11.1. The highest BCUT2D eigenvalue weighted by atomic mass is 32.2. The van der Waals surface area contributed by atoms with Crippen molar-refractivity contribution in [2.75, 3.05) is 17.7 Å². The highest BCUT2D eigenvalue weighted by Gasteiger charge is 2.29. The molecule has 5 heteroatoms. The Kier molecular flexibility index (Phi) is 4.88. The first kappa shape index (κ1) is 15.9. The molecule has 1 amide bonds. The van der Waals surface area contributed by atoms with Gasteiger partial charge in [-0.05, 0) is 29.8 Å². The summed E-state index contributed by atoms with van der Waals surface area (Å²) >= 11 is 0. The van der Waals surface area contributed by atoms with Crippen molar-refractivity contribution in [3.8, 4) is 0 Å². The summed E-state index contributed by atoms with van der Waals surface area (Å²) in [4.78, 5) is 14.8. The fraction of sp³-hybridized carbons (Fsp3) is 0.278. The minimum Gasteiger partial charge on any atom is -0.311 e. The van der Waals surface area contributed by atoms with E-state index >= 15 is 0 Å². The SMILES string of the molecule is C[S@](=O)c1ccc(CN[C@@H]2CC(=O)N(c3ccccc3)C2)cc1. The number of anilines is 1. The number of rotatable bonds is 5. The lowest BCUT2D eigenvalue weighted by Gasteiger charge is -2.17. The molecule has 0 aliphatic carbocycles. The van der Waals surface area contributed by atoms with E-state index in [1.54, 1.807) is 6.26 Å². The van der Waals surface area contributed by atoms with Gasteiger partial charge in [0.15, 0.2) is 0 Å². The summed E-state index contributed by atoms with van der Waals surface area (Å²) in [5, 5.41) is 3.44. The Morgan fingerprint density at radius 3 is 2.48 bits per heavy atom. The van der Waals surface area contributed by atoms with Crippen LogP contribution in [0.3, 0.4) is 0 Å². The van der Waals surface area contributed by atoms with E-state index in [4.69, 9.17) is 0 Å². The van der Waals surface area contributed by atoms with E-state index in [2.05, 4.69) is 5.32 Å². The average Bonchev–Trinajstić information content (AvgIpc) is 2.95. The molecule has 0 radical (unpaired) electrons. The number of hydrogen-bond acceptors (Lipinski definition) is 3. The number of para-hydroxylation sites is 1. The fourth-order valence-corrected chi connectivity index (χ4v) is 3.28. The van der Waals surface area contributed by atoms with Crippen LogP contribution in [-0.4, -0.2) is 29.0 Å². The van der Waals surface area contributed by atoms with Crippen LogP contribution >= 0.6 is 0 Å². The van der Waals surface area contributed by atoms with Crippen LogP contribution in [0.5, 0.6) is 0 Å². The van der Waals surface area contributed by atoms with Gasteiger partial charge in [0.1, 0.15) is 0 Å². The predicted molar refractivity (Wildman–Crippen MR) is 92.8 cm³/mol. The molecule has 2 aromatic rings. The quantitative estimate of drug-likeness (QED) is 0.916. The van der Waals surface area contributed by atoms with Gasteiger partial charge in [-0.1, -0.05) is 30.3 Å². The number of nitrogens with one attached hydrogen (secondary N) is 1. The lowest BCUT2D eigenvalue weighted by atomic mass is 10.2. The minimum absolute atomic E-state index is 0.155. The van der Waals surface area contributed by atoms with Crippen LogP contribution < -0.4 is 10.2 Å². The normalized spacial score (nSPS) is 19.1. The Morgan fingerprint density at radius 1 is 1.13 bits per heavy atom. The van der Waals surface area contributed by atoms with E-state index in [0.29, 0.717) is 19.5 Å². The van der Waals surface area contributed by atoms with Gasteiger partial charge in [-0.3, -0.25) is 9.00 Å². The van der Waals surface area contributed by atoms with Crippen LogP contribution in [0.4, 0.5) is 5.69 Å². The van der Waals surface area contributed by atoms with Crippen molar-refractivity contribution in [3.05, 3.63) is 60.2 Å². The maximum Gasteiger partial charge on any atom is 0.228 e. The third kappa shape index (κ3) is 3.86. The molecule has 120 valence electrons. The standard InChI is InChI=1S/C18H20N2O2S/c1-23(22)17-9-7-14(8-10-17)12-19-15-11-18(21)20(13-15)16-5-3-2-4-6-16/h2-10,15,19H,11-13H2,1H3/t15-,23+/m1/s1. The zero-order valence-corrected chi connectivity index (χ0v) is 13.9. The Bertz CT molecular complexity index is 701. The number of amides is 1. The fourth-order valence-electron chi connectivity index (χ4n) is 2.76. The Hall–Kier alpha value is -1.98. The Balaban J connectivity index is 1.57. The first-order valence-corrected chi connectivity index (χ1v) is 9.20. The maximum absolute atomic E-state index is 12.2. The van der Waals surface area contributed by atoms with Crippen molar-refractivity contribution in [2.24, 2.45) is 0 Å². The van der Waals surface area contributed by atoms with Crippen LogP contribution in [0.2, 0.25) is 0 Å². The van der Waals surface area contributed by atoms with Crippen molar-refractivity contribution in [1.29, 1.82) is 0 Å². The maximum atomic E-state index is 12.2.